The molecule has 130 valence electrons. The van der Waals surface area contributed by atoms with Crippen LogP contribution in [0.15, 0.2) is 58.0 Å². The van der Waals surface area contributed by atoms with Gasteiger partial charge in [-0.15, -0.1) is 10.2 Å². The van der Waals surface area contributed by atoms with E-state index in [1.54, 1.807) is 18.9 Å². The predicted molar refractivity (Wildman–Crippen MR) is 100 cm³/mol. The van der Waals surface area contributed by atoms with E-state index in [1.807, 2.05) is 55.5 Å². The summed E-state index contributed by atoms with van der Waals surface area (Å²) in [4.78, 5) is 9.01. The molecule has 0 saturated heterocycles. The molecule has 0 N–H and O–H groups in total. The van der Waals surface area contributed by atoms with Crippen LogP contribution in [0.1, 0.15) is 11.7 Å². The first kappa shape index (κ1) is 16.5. The standard InChI is InChI=1S/C19H16N4O2S/c1-12-20-16-6-4-3-5-15(16)19(21-12)26-11-17-22-23-18(25-17)13-7-9-14(24-2)10-8-13/h3-10H,11H2,1-2H3. The maximum Gasteiger partial charge on any atom is 0.247 e. The lowest BCUT2D eigenvalue weighted by Gasteiger charge is -2.05. The molecule has 0 fully saturated rings. The average Bonchev–Trinajstić information content (AvgIpc) is 3.15. The molecule has 0 amide bonds. The minimum atomic E-state index is 0.493. The molecule has 4 aromatic rings. The van der Waals surface area contributed by atoms with Gasteiger partial charge in [-0.3, -0.25) is 0 Å². The van der Waals surface area contributed by atoms with Crippen molar-refractivity contribution in [3.8, 4) is 17.2 Å². The Balaban J connectivity index is 1.53. The van der Waals surface area contributed by atoms with Crippen molar-refractivity contribution in [3.63, 3.8) is 0 Å². The number of aryl methyl sites for hydroxylation is 1. The molecular formula is C19H16N4O2S. The Morgan fingerprint density at radius 3 is 2.62 bits per heavy atom. The first-order valence-corrected chi connectivity index (χ1v) is 9.04. The fraction of sp³-hybridized carbons (Fsp3) is 0.158. The van der Waals surface area contributed by atoms with Crippen molar-refractivity contribution in [1.82, 2.24) is 20.2 Å². The monoisotopic (exact) mass is 364 g/mol. The molecule has 0 aliphatic heterocycles. The Morgan fingerprint density at radius 2 is 1.81 bits per heavy atom. The lowest BCUT2D eigenvalue weighted by molar-refractivity contribution is 0.415. The Kier molecular flexibility index (Phi) is 4.53. The second-order valence-corrected chi connectivity index (χ2v) is 6.58. The summed E-state index contributed by atoms with van der Waals surface area (Å²) in [7, 11) is 1.63. The number of fused-ring (bicyclic) bond motifs is 1. The maximum atomic E-state index is 5.78. The van der Waals surface area contributed by atoms with Crippen molar-refractivity contribution in [3.05, 3.63) is 60.2 Å². The molecule has 0 saturated carbocycles. The number of aromatic nitrogens is 4. The number of benzene rings is 2. The van der Waals surface area contributed by atoms with Crippen LogP contribution in [0.2, 0.25) is 0 Å². The van der Waals surface area contributed by atoms with E-state index in [9.17, 15) is 0 Å². The van der Waals surface area contributed by atoms with Crippen LogP contribution in [0.5, 0.6) is 5.75 Å². The summed E-state index contributed by atoms with van der Waals surface area (Å²) in [5.41, 5.74) is 1.80. The number of nitrogens with zero attached hydrogens (tertiary/aromatic N) is 4. The predicted octanol–water partition coefficient (Wildman–Crippen LogP) is 4.29. The number of hydrogen-bond acceptors (Lipinski definition) is 7. The zero-order valence-electron chi connectivity index (χ0n) is 14.3. The van der Waals surface area contributed by atoms with Gasteiger partial charge in [0.15, 0.2) is 0 Å². The van der Waals surface area contributed by atoms with E-state index in [4.69, 9.17) is 9.15 Å². The Hall–Kier alpha value is -2.93. The summed E-state index contributed by atoms with van der Waals surface area (Å²) in [6, 6.07) is 15.5. The van der Waals surface area contributed by atoms with Gasteiger partial charge >= 0.3 is 0 Å². The van der Waals surface area contributed by atoms with Gasteiger partial charge in [-0.05, 0) is 37.3 Å². The van der Waals surface area contributed by atoms with E-state index in [-0.39, 0.29) is 0 Å². The smallest absolute Gasteiger partial charge is 0.247 e. The summed E-state index contributed by atoms with van der Waals surface area (Å²) in [5.74, 6) is 3.13. The highest BCUT2D eigenvalue weighted by atomic mass is 32.2. The lowest BCUT2D eigenvalue weighted by Crippen LogP contribution is -1.93. The number of methoxy groups -OCH3 is 1. The number of rotatable bonds is 5. The molecule has 0 bridgehead atoms. The van der Waals surface area contributed by atoms with E-state index < -0.39 is 0 Å². The first-order valence-electron chi connectivity index (χ1n) is 8.06. The third kappa shape index (κ3) is 3.39. The molecule has 2 heterocycles. The third-order valence-electron chi connectivity index (χ3n) is 3.82. The van der Waals surface area contributed by atoms with Gasteiger partial charge < -0.3 is 9.15 Å². The van der Waals surface area contributed by atoms with Crippen molar-refractivity contribution >= 4 is 22.7 Å². The first-order chi connectivity index (χ1) is 12.7. The Bertz CT molecular complexity index is 1050. The molecule has 0 aliphatic rings. The van der Waals surface area contributed by atoms with Crippen LogP contribution < -0.4 is 4.74 Å². The third-order valence-corrected chi connectivity index (χ3v) is 4.79. The van der Waals surface area contributed by atoms with Crippen LogP contribution in [-0.4, -0.2) is 27.3 Å². The topological polar surface area (TPSA) is 73.9 Å². The van der Waals surface area contributed by atoms with Crippen LogP contribution >= 0.6 is 11.8 Å². The van der Waals surface area contributed by atoms with Gasteiger partial charge in [-0.2, -0.15) is 0 Å². The van der Waals surface area contributed by atoms with Gasteiger partial charge in [0.1, 0.15) is 16.6 Å². The molecule has 0 atom stereocenters. The van der Waals surface area contributed by atoms with E-state index in [0.29, 0.717) is 17.5 Å². The van der Waals surface area contributed by atoms with Gasteiger partial charge in [-0.25, -0.2) is 9.97 Å². The largest absolute Gasteiger partial charge is 0.497 e. The number of ether oxygens (including phenoxy) is 1. The van der Waals surface area contributed by atoms with E-state index in [0.717, 1.165) is 33.1 Å². The van der Waals surface area contributed by atoms with Gasteiger partial charge in [0, 0.05) is 10.9 Å². The van der Waals surface area contributed by atoms with Crippen LogP contribution in [0.4, 0.5) is 0 Å². The van der Waals surface area contributed by atoms with Crippen LogP contribution in [-0.2, 0) is 5.75 Å². The lowest BCUT2D eigenvalue weighted by atomic mass is 10.2. The number of para-hydroxylation sites is 1. The summed E-state index contributed by atoms with van der Waals surface area (Å²) in [6.07, 6.45) is 0. The second-order valence-electron chi connectivity index (χ2n) is 5.61. The van der Waals surface area contributed by atoms with Crippen LogP contribution in [0.3, 0.4) is 0 Å². The van der Waals surface area contributed by atoms with Gasteiger partial charge in [-0.1, -0.05) is 30.0 Å². The highest BCUT2D eigenvalue weighted by Crippen LogP contribution is 2.29. The second kappa shape index (κ2) is 7.13. The van der Waals surface area contributed by atoms with Crippen molar-refractivity contribution in [1.29, 1.82) is 0 Å². The summed E-state index contributed by atoms with van der Waals surface area (Å²) in [5, 5.41) is 10.2. The summed E-state index contributed by atoms with van der Waals surface area (Å²) < 4.78 is 10.9. The molecule has 0 radical (unpaired) electrons. The van der Waals surface area contributed by atoms with Gasteiger partial charge in [0.25, 0.3) is 0 Å². The molecular weight excluding hydrogens is 348 g/mol. The normalized spacial score (nSPS) is 11.0. The molecule has 0 unspecified atom stereocenters. The van der Waals surface area contributed by atoms with Crippen molar-refractivity contribution in [2.24, 2.45) is 0 Å². The molecule has 6 nitrogen and oxygen atoms in total. The maximum absolute atomic E-state index is 5.78. The van der Waals surface area contributed by atoms with E-state index in [2.05, 4.69) is 20.2 Å². The highest BCUT2D eigenvalue weighted by molar-refractivity contribution is 7.98. The SMILES string of the molecule is COc1ccc(-c2nnc(CSc3nc(C)nc4ccccc34)o2)cc1. The van der Waals surface area contributed by atoms with E-state index in [1.165, 1.54) is 0 Å². The van der Waals surface area contributed by atoms with Crippen molar-refractivity contribution in [2.75, 3.05) is 7.11 Å². The quantitative estimate of drug-likeness (QED) is 0.386. The number of thioether (sulfide) groups is 1. The Labute approximate surface area is 154 Å². The average molecular weight is 364 g/mol. The molecule has 26 heavy (non-hydrogen) atoms. The fourth-order valence-electron chi connectivity index (χ4n) is 2.56. The molecule has 4 rings (SSSR count). The van der Waals surface area contributed by atoms with Gasteiger partial charge in [0.2, 0.25) is 11.8 Å². The zero-order valence-corrected chi connectivity index (χ0v) is 15.2. The highest BCUT2D eigenvalue weighted by Gasteiger charge is 2.11. The van der Waals surface area contributed by atoms with Crippen LogP contribution in [0.25, 0.3) is 22.4 Å². The summed E-state index contributed by atoms with van der Waals surface area (Å²) >= 11 is 1.56. The van der Waals surface area contributed by atoms with Crippen LogP contribution in [0, 0.1) is 6.92 Å². The fourth-order valence-corrected chi connectivity index (χ4v) is 3.46. The number of hydrogen-bond donors (Lipinski definition) is 0. The molecule has 7 heteroatoms. The minimum absolute atomic E-state index is 0.493. The van der Waals surface area contributed by atoms with Crippen molar-refractivity contribution in [2.45, 2.75) is 17.7 Å². The molecule has 2 aromatic carbocycles. The summed E-state index contributed by atoms with van der Waals surface area (Å²) in [6.45, 7) is 1.89. The molecule has 2 aromatic heterocycles. The van der Waals surface area contributed by atoms with Crippen molar-refractivity contribution < 1.29 is 9.15 Å². The minimum Gasteiger partial charge on any atom is -0.497 e. The van der Waals surface area contributed by atoms with Gasteiger partial charge in [0.05, 0.1) is 18.4 Å². The molecule has 0 spiro atoms. The van der Waals surface area contributed by atoms with E-state index >= 15 is 0 Å². The zero-order chi connectivity index (χ0) is 17.9. The molecule has 0 aliphatic carbocycles. The Morgan fingerprint density at radius 1 is 1.00 bits per heavy atom.